The Bertz CT molecular complexity index is 778. The van der Waals surface area contributed by atoms with Gasteiger partial charge in [-0.2, -0.15) is 0 Å². The number of benzene rings is 2. The minimum Gasteiger partial charge on any atom is -0.494 e. The first kappa shape index (κ1) is 17.7. The second-order valence-electron chi connectivity index (χ2n) is 5.81. The van der Waals surface area contributed by atoms with E-state index in [1.54, 1.807) is 12.4 Å². The largest absolute Gasteiger partial charge is 0.494 e. The number of rotatable bonds is 7. The lowest BCUT2D eigenvalue weighted by molar-refractivity contribution is -0.146. The zero-order chi connectivity index (χ0) is 18.2. The molecule has 4 nitrogen and oxygen atoms in total. The van der Waals surface area contributed by atoms with Gasteiger partial charge in [-0.25, -0.2) is 0 Å². The first-order chi connectivity index (χ1) is 12.8. The van der Waals surface area contributed by atoms with E-state index in [9.17, 15) is 4.79 Å². The predicted molar refractivity (Wildman–Crippen MR) is 99.9 cm³/mol. The van der Waals surface area contributed by atoms with E-state index in [-0.39, 0.29) is 12.4 Å². The van der Waals surface area contributed by atoms with Crippen LogP contribution in [0.1, 0.15) is 29.7 Å². The van der Waals surface area contributed by atoms with Crippen LogP contribution in [-0.2, 0) is 16.0 Å². The highest BCUT2D eigenvalue weighted by Crippen LogP contribution is 2.26. The molecule has 1 atom stereocenters. The number of aromatic nitrogens is 1. The van der Waals surface area contributed by atoms with Gasteiger partial charge >= 0.3 is 5.97 Å². The summed E-state index contributed by atoms with van der Waals surface area (Å²) in [6.45, 7) is 2.56. The first-order valence-electron chi connectivity index (χ1n) is 8.62. The molecule has 26 heavy (non-hydrogen) atoms. The van der Waals surface area contributed by atoms with Crippen LogP contribution < -0.4 is 4.74 Å². The molecule has 0 aliphatic rings. The molecule has 0 amide bonds. The number of carbonyl (C=O) groups is 1. The molecule has 0 bridgehead atoms. The van der Waals surface area contributed by atoms with E-state index < -0.39 is 6.10 Å². The lowest BCUT2D eigenvalue weighted by atomic mass is 10.0. The smallest absolute Gasteiger partial charge is 0.311 e. The van der Waals surface area contributed by atoms with E-state index in [1.165, 1.54) is 0 Å². The fraction of sp³-hybridized carbons (Fsp3) is 0.182. The molecule has 0 aliphatic carbocycles. The normalized spacial score (nSPS) is 11.6. The lowest BCUT2D eigenvalue weighted by Crippen LogP contribution is -2.14. The fourth-order valence-electron chi connectivity index (χ4n) is 2.70. The van der Waals surface area contributed by atoms with Crippen LogP contribution in [0.25, 0.3) is 0 Å². The zero-order valence-corrected chi connectivity index (χ0v) is 14.7. The van der Waals surface area contributed by atoms with Gasteiger partial charge in [0.1, 0.15) is 5.75 Å². The van der Waals surface area contributed by atoms with Gasteiger partial charge in [-0.3, -0.25) is 9.78 Å². The Morgan fingerprint density at radius 2 is 1.58 bits per heavy atom. The van der Waals surface area contributed by atoms with Crippen LogP contribution >= 0.6 is 0 Å². The molecule has 0 aliphatic heterocycles. The van der Waals surface area contributed by atoms with Crippen molar-refractivity contribution < 1.29 is 14.3 Å². The SMILES string of the molecule is CCOc1ccc(CC(=O)OC(c2ccccc2)c2ccncc2)cc1. The highest BCUT2D eigenvalue weighted by atomic mass is 16.5. The summed E-state index contributed by atoms with van der Waals surface area (Å²) in [4.78, 5) is 16.6. The van der Waals surface area contributed by atoms with E-state index in [2.05, 4.69) is 4.98 Å². The van der Waals surface area contributed by atoms with Crippen molar-refractivity contribution in [1.82, 2.24) is 4.98 Å². The maximum atomic E-state index is 12.5. The fourth-order valence-corrected chi connectivity index (χ4v) is 2.70. The van der Waals surface area contributed by atoms with Gasteiger partial charge < -0.3 is 9.47 Å². The third-order valence-corrected chi connectivity index (χ3v) is 3.94. The lowest BCUT2D eigenvalue weighted by Gasteiger charge is -2.19. The predicted octanol–water partition coefficient (Wildman–Crippen LogP) is 4.36. The van der Waals surface area contributed by atoms with Crippen molar-refractivity contribution >= 4 is 5.97 Å². The summed E-state index contributed by atoms with van der Waals surface area (Å²) in [5, 5.41) is 0. The second-order valence-corrected chi connectivity index (χ2v) is 5.81. The topological polar surface area (TPSA) is 48.4 Å². The Kier molecular flexibility index (Phi) is 5.99. The van der Waals surface area contributed by atoms with E-state index in [0.29, 0.717) is 6.61 Å². The van der Waals surface area contributed by atoms with Gasteiger partial charge in [0.2, 0.25) is 0 Å². The zero-order valence-electron chi connectivity index (χ0n) is 14.7. The van der Waals surface area contributed by atoms with Crippen LogP contribution in [0, 0.1) is 0 Å². The van der Waals surface area contributed by atoms with Crippen LogP contribution in [0.2, 0.25) is 0 Å². The maximum Gasteiger partial charge on any atom is 0.311 e. The Morgan fingerprint density at radius 1 is 0.923 bits per heavy atom. The van der Waals surface area contributed by atoms with E-state index in [1.807, 2.05) is 73.7 Å². The average molecular weight is 347 g/mol. The Balaban J connectivity index is 1.73. The second kappa shape index (κ2) is 8.81. The van der Waals surface area contributed by atoms with E-state index in [0.717, 1.165) is 22.4 Å². The summed E-state index contributed by atoms with van der Waals surface area (Å²) in [5.74, 6) is 0.517. The van der Waals surface area contributed by atoms with Crippen LogP contribution in [0.4, 0.5) is 0 Å². The number of pyridine rings is 1. The number of ether oxygens (including phenoxy) is 2. The van der Waals surface area contributed by atoms with Crippen LogP contribution in [0.3, 0.4) is 0 Å². The van der Waals surface area contributed by atoms with Crippen molar-refractivity contribution in [1.29, 1.82) is 0 Å². The van der Waals surface area contributed by atoms with Gasteiger partial charge in [0, 0.05) is 18.0 Å². The molecule has 3 aromatic rings. The third kappa shape index (κ3) is 4.70. The molecule has 0 spiro atoms. The summed E-state index contributed by atoms with van der Waals surface area (Å²) >= 11 is 0. The van der Waals surface area contributed by atoms with Gasteiger partial charge in [0.15, 0.2) is 6.10 Å². The Morgan fingerprint density at radius 3 is 2.23 bits per heavy atom. The third-order valence-electron chi connectivity index (χ3n) is 3.94. The van der Waals surface area contributed by atoms with Gasteiger partial charge in [-0.15, -0.1) is 0 Å². The highest BCUT2D eigenvalue weighted by molar-refractivity contribution is 5.73. The molecule has 2 aromatic carbocycles. The molecule has 4 heteroatoms. The van der Waals surface area contributed by atoms with E-state index in [4.69, 9.17) is 9.47 Å². The quantitative estimate of drug-likeness (QED) is 0.596. The van der Waals surface area contributed by atoms with Gasteiger partial charge in [-0.05, 0) is 42.3 Å². The molecule has 1 heterocycles. The van der Waals surface area contributed by atoms with Crippen molar-refractivity contribution in [2.75, 3.05) is 6.61 Å². The average Bonchev–Trinajstić information content (AvgIpc) is 2.69. The van der Waals surface area contributed by atoms with Crippen LogP contribution in [-0.4, -0.2) is 17.6 Å². The minimum atomic E-state index is -0.450. The number of hydrogen-bond acceptors (Lipinski definition) is 4. The van der Waals surface area contributed by atoms with Crippen molar-refractivity contribution in [3.05, 3.63) is 95.8 Å². The van der Waals surface area contributed by atoms with Gasteiger partial charge in [-0.1, -0.05) is 42.5 Å². The standard InChI is InChI=1S/C22H21NO3/c1-2-25-20-10-8-17(9-11-20)16-21(24)26-22(18-6-4-3-5-7-18)19-12-14-23-15-13-19/h3-15,22H,2,16H2,1H3. The van der Waals surface area contributed by atoms with Crippen LogP contribution in [0.15, 0.2) is 79.1 Å². The molecular weight excluding hydrogens is 326 g/mol. The van der Waals surface area contributed by atoms with Crippen molar-refractivity contribution in [3.8, 4) is 5.75 Å². The summed E-state index contributed by atoms with van der Waals surface area (Å²) in [6, 6.07) is 20.9. The summed E-state index contributed by atoms with van der Waals surface area (Å²) < 4.78 is 11.2. The van der Waals surface area contributed by atoms with Crippen LogP contribution in [0.5, 0.6) is 5.75 Å². The number of hydrogen-bond donors (Lipinski definition) is 0. The Hall–Kier alpha value is -3.14. The summed E-state index contributed by atoms with van der Waals surface area (Å²) in [5.41, 5.74) is 2.71. The van der Waals surface area contributed by atoms with Crippen molar-refractivity contribution in [2.45, 2.75) is 19.4 Å². The van der Waals surface area contributed by atoms with Gasteiger partial charge in [0.25, 0.3) is 0 Å². The molecule has 0 N–H and O–H groups in total. The maximum absolute atomic E-state index is 12.5. The van der Waals surface area contributed by atoms with Crippen molar-refractivity contribution in [3.63, 3.8) is 0 Å². The summed E-state index contributed by atoms with van der Waals surface area (Å²) in [6.07, 6.45) is 3.16. The monoisotopic (exact) mass is 347 g/mol. The summed E-state index contributed by atoms with van der Waals surface area (Å²) in [7, 11) is 0. The number of nitrogens with zero attached hydrogens (tertiary/aromatic N) is 1. The Labute approximate surface area is 153 Å². The molecule has 132 valence electrons. The first-order valence-corrected chi connectivity index (χ1v) is 8.62. The molecule has 1 aromatic heterocycles. The number of carbonyl (C=O) groups excluding carboxylic acids is 1. The van der Waals surface area contributed by atoms with Gasteiger partial charge in [0.05, 0.1) is 13.0 Å². The number of esters is 1. The van der Waals surface area contributed by atoms with E-state index >= 15 is 0 Å². The molecule has 0 saturated heterocycles. The molecule has 0 radical (unpaired) electrons. The molecule has 0 saturated carbocycles. The van der Waals surface area contributed by atoms with Crippen molar-refractivity contribution in [2.24, 2.45) is 0 Å². The highest BCUT2D eigenvalue weighted by Gasteiger charge is 2.19. The molecular formula is C22H21NO3. The minimum absolute atomic E-state index is 0.209. The molecule has 0 fully saturated rings. The molecule has 1 unspecified atom stereocenters. The molecule has 3 rings (SSSR count).